The Morgan fingerprint density at radius 3 is 2.23 bits per heavy atom. The zero-order valence-electron chi connectivity index (χ0n) is 15.7. The Kier molecular flexibility index (Phi) is 7.10. The van der Waals surface area contributed by atoms with Gasteiger partial charge in [-0.2, -0.15) is 0 Å². The van der Waals surface area contributed by atoms with E-state index in [0.717, 1.165) is 12.1 Å². The van der Waals surface area contributed by atoms with Crippen molar-refractivity contribution in [1.29, 1.82) is 0 Å². The van der Waals surface area contributed by atoms with Crippen LogP contribution in [0.1, 0.15) is 32.8 Å². The van der Waals surface area contributed by atoms with Crippen molar-refractivity contribution in [2.75, 3.05) is 0 Å². The van der Waals surface area contributed by atoms with Crippen molar-refractivity contribution in [3.05, 3.63) is 35.4 Å². The molecule has 0 bridgehead atoms. The maximum Gasteiger partial charge on any atom is 0.327 e. The van der Waals surface area contributed by atoms with Gasteiger partial charge in [0.25, 0.3) is 0 Å². The molecule has 0 aromatic heterocycles. The first-order chi connectivity index (χ1) is 11.8. The van der Waals surface area contributed by atoms with Crippen LogP contribution in [0, 0.1) is 23.1 Å². The Balaban J connectivity index is 2.81. The zero-order valence-corrected chi connectivity index (χ0v) is 16.7. The van der Waals surface area contributed by atoms with E-state index in [9.17, 15) is 23.5 Å². The minimum Gasteiger partial charge on any atom is -0.480 e. The molecule has 0 heterocycles. The van der Waals surface area contributed by atoms with Gasteiger partial charge in [-0.25, -0.2) is 13.6 Å². The fourth-order valence-corrected chi connectivity index (χ4v) is 2.79. The lowest BCUT2D eigenvalue weighted by Gasteiger charge is -2.31. The van der Waals surface area contributed by atoms with Gasteiger partial charge in [-0.15, -0.1) is 11.5 Å². The number of benzene rings is 1. The van der Waals surface area contributed by atoms with Crippen molar-refractivity contribution in [1.82, 2.24) is 5.32 Å². The third-order valence-electron chi connectivity index (χ3n) is 4.61. The molecule has 1 aromatic carbocycles. The summed E-state index contributed by atoms with van der Waals surface area (Å²) in [6, 6.07) is 2.06. The second-order valence-electron chi connectivity index (χ2n) is 7.72. The van der Waals surface area contributed by atoms with E-state index in [1.54, 1.807) is 0 Å². The fourth-order valence-electron chi connectivity index (χ4n) is 1.87. The Morgan fingerprint density at radius 2 is 1.77 bits per heavy atom. The molecule has 7 heteroatoms. The van der Waals surface area contributed by atoms with Crippen molar-refractivity contribution in [2.24, 2.45) is 0 Å². The maximum atomic E-state index is 13.6. The normalized spacial score (nSPS) is 12.7. The average molecular weight is 381 g/mol. The second-order valence-corrected chi connectivity index (χ2v) is 12.7. The summed E-state index contributed by atoms with van der Waals surface area (Å²) in [4.78, 5) is 23.4. The van der Waals surface area contributed by atoms with Gasteiger partial charge in [-0.1, -0.05) is 39.9 Å². The van der Waals surface area contributed by atoms with E-state index in [1.165, 1.54) is 6.07 Å². The highest BCUT2D eigenvalue weighted by Gasteiger charge is 2.33. The molecule has 0 saturated carbocycles. The first-order valence-electron chi connectivity index (χ1n) is 8.30. The monoisotopic (exact) mass is 381 g/mol. The summed E-state index contributed by atoms with van der Waals surface area (Å²) in [5.74, 6) is -0.819. The predicted molar refractivity (Wildman–Crippen MR) is 99.2 cm³/mol. The number of carbonyl (C=O) groups excluding carboxylic acids is 1. The van der Waals surface area contributed by atoms with Crippen LogP contribution in [0.5, 0.6) is 0 Å². The van der Waals surface area contributed by atoms with E-state index in [4.69, 9.17) is 0 Å². The van der Waals surface area contributed by atoms with Crippen LogP contribution in [-0.4, -0.2) is 31.1 Å². The quantitative estimate of drug-likeness (QED) is 0.606. The molecular weight excluding hydrogens is 356 g/mol. The molecule has 0 spiro atoms. The van der Waals surface area contributed by atoms with Gasteiger partial charge in [-0.05, 0) is 17.2 Å². The Hall–Kier alpha value is -2.20. The van der Waals surface area contributed by atoms with Gasteiger partial charge in [0.2, 0.25) is 5.91 Å². The summed E-state index contributed by atoms with van der Waals surface area (Å²) < 4.78 is 27.2. The largest absolute Gasteiger partial charge is 0.480 e. The number of rotatable bonds is 5. The molecule has 4 nitrogen and oxygen atoms in total. The summed E-state index contributed by atoms with van der Waals surface area (Å²) >= 11 is 0. The van der Waals surface area contributed by atoms with E-state index in [1.807, 2.05) is 0 Å². The van der Waals surface area contributed by atoms with Crippen molar-refractivity contribution < 1.29 is 23.5 Å². The first-order valence-corrected chi connectivity index (χ1v) is 11.3. The molecule has 26 heavy (non-hydrogen) atoms. The van der Waals surface area contributed by atoms with Crippen LogP contribution in [0.2, 0.25) is 18.1 Å². The minimum absolute atomic E-state index is 0.0321. The Morgan fingerprint density at radius 1 is 1.23 bits per heavy atom. The first kappa shape index (κ1) is 21.8. The minimum atomic E-state index is -1.89. The lowest BCUT2D eigenvalue weighted by Crippen LogP contribution is -2.41. The van der Waals surface area contributed by atoms with Gasteiger partial charge in [-0.3, -0.25) is 4.79 Å². The second kappa shape index (κ2) is 8.45. The molecule has 0 unspecified atom stereocenters. The zero-order chi connectivity index (χ0) is 20.1. The van der Waals surface area contributed by atoms with Crippen LogP contribution < -0.4 is 5.32 Å². The number of carboxylic acids is 1. The number of hydrogen-bond donors (Lipinski definition) is 2. The molecule has 1 aromatic rings. The molecular formula is C19H25F2NO3Si. The van der Waals surface area contributed by atoms with Gasteiger partial charge >= 0.3 is 5.97 Å². The van der Waals surface area contributed by atoms with E-state index in [2.05, 4.69) is 50.6 Å². The van der Waals surface area contributed by atoms with Crippen LogP contribution in [0.4, 0.5) is 8.78 Å². The lowest BCUT2D eigenvalue weighted by atomic mass is 10.1. The highest BCUT2D eigenvalue weighted by atomic mass is 28.3. The van der Waals surface area contributed by atoms with Crippen LogP contribution in [0.25, 0.3) is 0 Å². The molecule has 1 rings (SSSR count). The predicted octanol–water partition coefficient (Wildman–Crippen LogP) is 3.52. The fraction of sp³-hybridized carbons (Fsp3) is 0.474. The summed E-state index contributed by atoms with van der Waals surface area (Å²) in [5.41, 5.74) is 2.79. The molecule has 0 aliphatic heterocycles. The molecule has 1 atom stereocenters. The van der Waals surface area contributed by atoms with Crippen LogP contribution in [-0.2, 0) is 16.0 Å². The lowest BCUT2D eigenvalue weighted by molar-refractivity contribution is -0.141. The number of nitrogens with one attached hydrogen (secondary N) is 1. The molecule has 2 N–H and O–H groups in total. The van der Waals surface area contributed by atoms with Crippen molar-refractivity contribution in [2.45, 2.75) is 57.8 Å². The number of aliphatic carboxylic acids is 1. The van der Waals surface area contributed by atoms with Gasteiger partial charge in [0.1, 0.15) is 25.8 Å². The highest BCUT2D eigenvalue weighted by Crippen LogP contribution is 2.35. The molecule has 0 aliphatic carbocycles. The Bertz CT molecular complexity index is 725. The third-order valence-corrected chi connectivity index (χ3v) is 9.17. The molecule has 1 amide bonds. The van der Waals surface area contributed by atoms with Crippen LogP contribution in [0.3, 0.4) is 0 Å². The summed E-state index contributed by atoms with van der Waals surface area (Å²) in [6.45, 7) is 10.5. The van der Waals surface area contributed by atoms with Gasteiger partial charge < -0.3 is 10.4 Å². The smallest absolute Gasteiger partial charge is 0.327 e. The molecule has 0 fully saturated rings. The SMILES string of the molecule is CC(C)(C)[Si](C)(C)C#CC[C@H](NC(=O)Cc1c(F)cccc1F)C(=O)O. The summed E-state index contributed by atoms with van der Waals surface area (Å²) in [5, 5.41) is 11.6. The van der Waals surface area contributed by atoms with Crippen molar-refractivity contribution in [3.63, 3.8) is 0 Å². The van der Waals surface area contributed by atoms with Gasteiger partial charge in [0.05, 0.1) is 6.42 Å². The van der Waals surface area contributed by atoms with Crippen LogP contribution >= 0.6 is 0 Å². The highest BCUT2D eigenvalue weighted by molar-refractivity contribution is 6.87. The average Bonchev–Trinajstić information content (AvgIpc) is 2.48. The maximum absolute atomic E-state index is 13.6. The number of amides is 1. The van der Waals surface area contributed by atoms with Gasteiger partial charge in [0.15, 0.2) is 0 Å². The van der Waals surface area contributed by atoms with E-state index in [-0.39, 0.29) is 17.0 Å². The number of carboxylic acid groups (broad SMARTS) is 1. The molecule has 0 aliphatic rings. The molecule has 142 valence electrons. The standard InChI is InChI=1S/C19H25F2NO3Si/c1-19(2,3)26(4,5)11-7-10-16(18(24)25)22-17(23)12-13-14(20)8-6-9-15(13)21/h6,8-9,16H,10,12H2,1-5H3,(H,22,23)(H,24,25)/t16-/m0/s1. The van der Waals surface area contributed by atoms with Gasteiger partial charge in [0, 0.05) is 12.0 Å². The van der Waals surface area contributed by atoms with Crippen molar-refractivity contribution in [3.8, 4) is 11.5 Å². The topological polar surface area (TPSA) is 66.4 Å². The van der Waals surface area contributed by atoms with E-state index < -0.39 is 44.0 Å². The summed E-state index contributed by atoms with van der Waals surface area (Å²) in [7, 11) is -1.89. The summed E-state index contributed by atoms with van der Waals surface area (Å²) in [6.07, 6.45) is -0.634. The van der Waals surface area contributed by atoms with E-state index >= 15 is 0 Å². The number of carbonyl (C=O) groups is 2. The number of halogens is 2. The Labute approximate surface area is 154 Å². The molecule has 0 saturated heterocycles. The third kappa shape index (κ3) is 5.95. The number of hydrogen-bond acceptors (Lipinski definition) is 2. The van der Waals surface area contributed by atoms with Crippen LogP contribution in [0.15, 0.2) is 18.2 Å². The van der Waals surface area contributed by atoms with Crippen molar-refractivity contribution >= 4 is 20.0 Å². The molecule has 0 radical (unpaired) electrons. The van der Waals surface area contributed by atoms with E-state index in [0.29, 0.717) is 0 Å².